The lowest BCUT2D eigenvalue weighted by atomic mass is 9.95. The fourth-order valence-electron chi connectivity index (χ4n) is 2.87. The van der Waals surface area contributed by atoms with E-state index >= 15 is 0 Å². The van der Waals surface area contributed by atoms with E-state index in [4.69, 9.17) is 14.3 Å². The molecule has 2 rings (SSSR count). The normalized spacial score (nSPS) is 13.1. The average molecular weight is 395 g/mol. The van der Waals surface area contributed by atoms with Gasteiger partial charge in [0.2, 0.25) is 0 Å². The monoisotopic (exact) mass is 395 g/mol. The van der Waals surface area contributed by atoms with Gasteiger partial charge in [0.25, 0.3) is 0 Å². The van der Waals surface area contributed by atoms with Gasteiger partial charge in [-0.2, -0.15) is 0 Å². The van der Waals surface area contributed by atoms with Gasteiger partial charge in [-0.15, -0.1) is 0 Å². The first-order chi connectivity index (χ1) is 14.0. The number of nitrogens with zero attached hydrogens (tertiary/aromatic N) is 1. The zero-order valence-electron chi connectivity index (χ0n) is 17.8. The minimum Gasteiger partial charge on any atom is -0.465 e. The third-order valence-corrected chi connectivity index (χ3v) is 4.76. The molecule has 29 heavy (non-hydrogen) atoms. The van der Waals surface area contributed by atoms with E-state index in [2.05, 4.69) is 5.16 Å². The van der Waals surface area contributed by atoms with Gasteiger partial charge in [0.05, 0.1) is 24.5 Å². The van der Waals surface area contributed by atoms with Crippen LogP contribution in [0.5, 0.6) is 0 Å². The van der Waals surface area contributed by atoms with Gasteiger partial charge >= 0.3 is 5.97 Å². The van der Waals surface area contributed by atoms with Crippen LogP contribution in [0.25, 0.3) is 5.57 Å². The number of hydrogen-bond donors (Lipinski definition) is 0. The van der Waals surface area contributed by atoms with Gasteiger partial charge in [-0.05, 0) is 43.9 Å². The summed E-state index contributed by atoms with van der Waals surface area (Å²) in [6.45, 7) is 6.09. The maximum Gasteiger partial charge on any atom is 0.338 e. The number of ether oxygens (including phenoxy) is 2. The zero-order chi connectivity index (χ0) is 21.2. The number of esters is 1. The van der Waals surface area contributed by atoms with Gasteiger partial charge in [0, 0.05) is 12.7 Å². The topological polar surface area (TPSA) is 57.1 Å². The summed E-state index contributed by atoms with van der Waals surface area (Å²) in [4.78, 5) is 18.1. The highest BCUT2D eigenvalue weighted by Gasteiger charge is 2.18. The summed E-state index contributed by atoms with van der Waals surface area (Å²) < 4.78 is 10.3. The van der Waals surface area contributed by atoms with Crippen LogP contribution >= 0.6 is 0 Å². The first-order valence-electron chi connectivity index (χ1n) is 9.60. The van der Waals surface area contributed by atoms with E-state index in [1.807, 2.05) is 75.4 Å². The number of rotatable bonds is 9. The lowest BCUT2D eigenvalue weighted by molar-refractivity contribution is -0.133. The summed E-state index contributed by atoms with van der Waals surface area (Å²) in [5.74, 6) is -0.385. The number of aryl methyl sites for hydroxylation is 1. The molecule has 0 heterocycles. The Morgan fingerprint density at radius 2 is 1.83 bits per heavy atom. The third-order valence-electron chi connectivity index (χ3n) is 4.76. The number of hydrogen-bond acceptors (Lipinski definition) is 5. The molecule has 1 unspecified atom stereocenters. The van der Waals surface area contributed by atoms with E-state index in [1.54, 1.807) is 7.11 Å². The summed E-state index contributed by atoms with van der Waals surface area (Å²) in [7, 11) is 3.03. The molecule has 0 aliphatic rings. The maximum atomic E-state index is 12.4. The van der Waals surface area contributed by atoms with Gasteiger partial charge in [0.1, 0.15) is 6.61 Å². The van der Waals surface area contributed by atoms with Crippen LogP contribution in [0.2, 0.25) is 0 Å². The molecule has 0 fully saturated rings. The molecule has 0 saturated carbocycles. The molecular weight excluding hydrogens is 366 g/mol. The Kier molecular flexibility index (Phi) is 8.62. The molecule has 0 spiro atoms. The second kappa shape index (κ2) is 11.2. The van der Waals surface area contributed by atoms with Crippen LogP contribution in [0.4, 0.5) is 0 Å². The van der Waals surface area contributed by atoms with E-state index < -0.39 is 0 Å². The second-order valence-corrected chi connectivity index (χ2v) is 6.81. The number of benzene rings is 2. The number of oxime groups is 1. The summed E-state index contributed by atoms with van der Waals surface area (Å²) in [6, 6.07) is 15.7. The van der Waals surface area contributed by atoms with E-state index in [-0.39, 0.29) is 18.7 Å². The fraction of sp³-hybridized carbons (Fsp3) is 0.333. The quantitative estimate of drug-likeness (QED) is 0.262. The van der Waals surface area contributed by atoms with Gasteiger partial charge in [-0.3, -0.25) is 0 Å². The molecule has 154 valence electrons. The van der Waals surface area contributed by atoms with Gasteiger partial charge < -0.3 is 14.3 Å². The van der Waals surface area contributed by atoms with Crippen molar-refractivity contribution >= 4 is 17.3 Å². The Morgan fingerprint density at radius 1 is 1.10 bits per heavy atom. The summed E-state index contributed by atoms with van der Waals surface area (Å²) >= 11 is 0. The van der Waals surface area contributed by atoms with E-state index in [1.165, 1.54) is 7.11 Å². The molecule has 5 heteroatoms. The Labute approximate surface area is 173 Å². The molecule has 5 nitrogen and oxygen atoms in total. The minimum atomic E-state index is -0.385. The molecule has 1 atom stereocenters. The molecule has 0 radical (unpaired) electrons. The summed E-state index contributed by atoms with van der Waals surface area (Å²) in [6.07, 6.45) is 2.45. The van der Waals surface area contributed by atoms with Crippen molar-refractivity contribution in [3.8, 4) is 0 Å². The third kappa shape index (κ3) is 6.29. The summed E-state index contributed by atoms with van der Waals surface area (Å²) in [5.41, 5.74) is 5.00. The molecule has 2 aromatic carbocycles. The average Bonchev–Trinajstić information content (AvgIpc) is 2.75. The Morgan fingerprint density at radius 3 is 2.48 bits per heavy atom. The molecule has 0 amide bonds. The molecular formula is C24H29NO4. The van der Waals surface area contributed by atoms with Crippen molar-refractivity contribution in [1.29, 1.82) is 0 Å². The Hall–Kier alpha value is -2.92. The largest absolute Gasteiger partial charge is 0.465 e. The standard InChI is InChI=1S/C24H29NO4/c1-17-10-9-13-21(22(24(26)28-5)15-14-18(2)27-4)23(17)16-29-25-19(3)20-11-7-6-8-12-20/h6-13,15,18H,14,16H2,1-5H3/b22-15-,25-19+. The highest BCUT2D eigenvalue weighted by Crippen LogP contribution is 2.25. The van der Waals surface area contributed by atoms with E-state index in [0.717, 1.165) is 28.0 Å². The lowest BCUT2D eigenvalue weighted by Crippen LogP contribution is -2.10. The number of carbonyl (C=O) groups is 1. The van der Waals surface area contributed by atoms with Gasteiger partial charge in [-0.1, -0.05) is 59.8 Å². The number of methoxy groups -OCH3 is 2. The Balaban J connectivity index is 2.29. The highest BCUT2D eigenvalue weighted by atomic mass is 16.6. The van der Waals surface area contributed by atoms with Crippen molar-refractivity contribution in [2.45, 2.75) is 39.9 Å². The van der Waals surface area contributed by atoms with E-state index in [9.17, 15) is 4.79 Å². The zero-order valence-corrected chi connectivity index (χ0v) is 17.8. The molecule has 0 aliphatic carbocycles. The van der Waals surface area contributed by atoms with Gasteiger partial charge in [-0.25, -0.2) is 4.79 Å². The molecule has 0 aliphatic heterocycles. The predicted molar refractivity (Wildman–Crippen MR) is 116 cm³/mol. The number of carbonyl (C=O) groups excluding carboxylic acids is 1. The predicted octanol–water partition coefficient (Wildman–Crippen LogP) is 4.92. The SMILES string of the molecule is COC(=O)/C(=C\CC(C)OC)c1cccc(C)c1CO/N=C(\C)c1ccccc1. The highest BCUT2D eigenvalue weighted by molar-refractivity contribution is 6.16. The molecule has 2 aromatic rings. The van der Waals surface area contributed by atoms with E-state index in [0.29, 0.717) is 12.0 Å². The minimum absolute atomic E-state index is 0.00251. The molecule has 0 bridgehead atoms. The van der Waals surface area contributed by atoms with Crippen molar-refractivity contribution < 1.29 is 19.1 Å². The van der Waals surface area contributed by atoms with Crippen LogP contribution in [0.15, 0.2) is 59.8 Å². The molecule has 0 aromatic heterocycles. The first kappa shape index (κ1) is 22.4. The van der Waals surface area contributed by atoms with Crippen molar-refractivity contribution in [2.75, 3.05) is 14.2 Å². The van der Waals surface area contributed by atoms with Crippen molar-refractivity contribution in [3.05, 3.63) is 76.9 Å². The van der Waals surface area contributed by atoms with Crippen molar-refractivity contribution in [2.24, 2.45) is 5.16 Å². The fourth-order valence-corrected chi connectivity index (χ4v) is 2.87. The lowest BCUT2D eigenvalue weighted by Gasteiger charge is -2.15. The van der Waals surface area contributed by atoms with Crippen LogP contribution < -0.4 is 0 Å². The van der Waals surface area contributed by atoms with Crippen LogP contribution in [0.1, 0.15) is 42.5 Å². The Bertz CT molecular complexity index is 872. The van der Waals surface area contributed by atoms with Crippen molar-refractivity contribution in [1.82, 2.24) is 0 Å². The van der Waals surface area contributed by atoms with Crippen LogP contribution in [-0.2, 0) is 25.7 Å². The smallest absolute Gasteiger partial charge is 0.338 e. The van der Waals surface area contributed by atoms with Crippen molar-refractivity contribution in [3.63, 3.8) is 0 Å². The molecule has 0 saturated heterocycles. The second-order valence-electron chi connectivity index (χ2n) is 6.81. The maximum absolute atomic E-state index is 12.4. The van der Waals surface area contributed by atoms with Crippen LogP contribution in [0, 0.1) is 6.92 Å². The first-order valence-corrected chi connectivity index (χ1v) is 9.60. The van der Waals surface area contributed by atoms with Crippen LogP contribution in [-0.4, -0.2) is 32.0 Å². The van der Waals surface area contributed by atoms with Gasteiger partial charge in [0.15, 0.2) is 0 Å². The molecule has 0 N–H and O–H groups in total. The summed E-state index contributed by atoms with van der Waals surface area (Å²) in [5, 5.41) is 4.24. The van der Waals surface area contributed by atoms with Crippen LogP contribution in [0.3, 0.4) is 0 Å².